The Bertz CT molecular complexity index is 1320. The Balaban J connectivity index is 2.34. The lowest BCUT2D eigenvalue weighted by Crippen LogP contribution is -2.40. The number of imidazole rings is 1. The first-order valence-corrected chi connectivity index (χ1v) is 11.5. The number of halogens is 1. The summed E-state index contributed by atoms with van der Waals surface area (Å²) >= 11 is 5.95. The Labute approximate surface area is 183 Å². The maximum absolute atomic E-state index is 13.3. The monoisotopic (exact) mass is 469 g/mol. The number of sulfone groups is 1. The quantitative estimate of drug-likeness (QED) is 0.385. The second-order valence-electron chi connectivity index (χ2n) is 7.40. The van der Waals surface area contributed by atoms with Gasteiger partial charge in [0.25, 0.3) is 5.56 Å². The van der Waals surface area contributed by atoms with Gasteiger partial charge >= 0.3 is 5.69 Å². The molecule has 0 aliphatic rings. The van der Waals surface area contributed by atoms with Gasteiger partial charge in [-0.25, -0.2) is 19.1 Å². The highest BCUT2D eigenvalue weighted by molar-refractivity contribution is 7.91. The van der Waals surface area contributed by atoms with E-state index in [-0.39, 0.29) is 36.0 Å². The summed E-state index contributed by atoms with van der Waals surface area (Å²) in [6.07, 6.45) is 0.333. The molecule has 168 valence electrons. The number of rotatable bonds is 8. The Kier molecular flexibility index (Phi) is 6.70. The molecule has 10 nitrogen and oxygen atoms in total. The Morgan fingerprint density at radius 2 is 1.81 bits per heavy atom. The predicted molar refractivity (Wildman–Crippen MR) is 117 cm³/mol. The number of benzene rings is 1. The molecule has 12 heteroatoms. The van der Waals surface area contributed by atoms with Crippen molar-refractivity contribution in [2.24, 2.45) is 12.9 Å². The third kappa shape index (κ3) is 4.31. The van der Waals surface area contributed by atoms with Crippen LogP contribution < -0.4 is 17.1 Å². The zero-order valence-corrected chi connectivity index (χ0v) is 19.0. The average Bonchev–Trinajstić information content (AvgIpc) is 3.10. The zero-order chi connectivity index (χ0) is 22.9. The SMILES string of the molecule is CC(C)S(=O)(=O)c1nc2c(c(=O)n(CCCON)c(=O)n2C)n1Cc1ccc(Cl)cc1. The molecule has 3 rings (SSSR count). The van der Waals surface area contributed by atoms with Gasteiger partial charge < -0.3 is 9.40 Å². The Hall–Kier alpha value is -2.47. The van der Waals surface area contributed by atoms with Gasteiger partial charge in [0.1, 0.15) is 0 Å². The van der Waals surface area contributed by atoms with Gasteiger partial charge in [-0.15, -0.1) is 0 Å². The standard InChI is InChI=1S/C19H24ClN5O5S/c1-12(2)31(28,29)18-22-16-15(25(18)11-13-5-7-14(20)8-6-13)17(26)24(9-4-10-30-21)19(27)23(16)3/h5-8,12H,4,9-11,21H2,1-3H3. The summed E-state index contributed by atoms with van der Waals surface area (Å²) < 4.78 is 29.6. The molecular formula is C19H24ClN5O5S. The summed E-state index contributed by atoms with van der Waals surface area (Å²) in [6.45, 7) is 3.35. The number of aromatic nitrogens is 4. The van der Waals surface area contributed by atoms with Gasteiger partial charge in [0.2, 0.25) is 15.0 Å². The lowest BCUT2D eigenvalue weighted by molar-refractivity contribution is 0.131. The van der Waals surface area contributed by atoms with E-state index in [0.717, 1.165) is 10.1 Å². The van der Waals surface area contributed by atoms with Crippen molar-refractivity contribution >= 4 is 32.6 Å². The van der Waals surface area contributed by atoms with E-state index in [2.05, 4.69) is 9.82 Å². The van der Waals surface area contributed by atoms with Crippen molar-refractivity contribution in [2.75, 3.05) is 6.61 Å². The van der Waals surface area contributed by atoms with Gasteiger partial charge in [-0.05, 0) is 38.0 Å². The molecule has 0 atom stereocenters. The van der Waals surface area contributed by atoms with E-state index in [9.17, 15) is 18.0 Å². The van der Waals surface area contributed by atoms with Crippen LogP contribution >= 0.6 is 11.6 Å². The lowest BCUT2D eigenvalue weighted by atomic mass is 10.2. The lowest BCUT2D eigenvalue weighted by Gasteiger charge is -2.12. The third-order valence-corrected chi connectivity index (χ3v) is 7.28. The summed E-state index contributed by atoms with van der Waals surface area (Å²) in [5.74, 6) is 5.03. The van der Waals surface area contributed by atoms with Crippen LogP contribution in [0.15, 0.2) is 39.0 Å². The van der Waals surface area contributed by atoms with Crippen LogP contribution in [0.1, 0.15) is 25.8 Å². The van der Waals surface area contributed by atoms with Crippen molar-refractivity contribution in [2.45, 2.75) is 43.8 Å². The molecule has 0 aliphatic carbocycles. The minimum absolute atomic E-state index is 0.00881. The molecule has 2 aromatic heterocycles. The van der Waals surface area contributed by atoms with Crippen LogP contribution in [0.3, 0.4) is 0 Å². The summed E-state index contributed by atoms with van der Waals surface area (Å²) in [5, 5.41) is -0.502. The molecule has 0 aliphatic heterocycles. The predicted octanol–water partition coefficient (Wildman–Crippen LogP) is 1.06. The first-order chi connectivity index (χ1) is 14.6. The summed E-state index contributed by atoms with van der Waals surface area (Å²) in [7, 11) is -2.40. The molecule has 2 N–H and O–H groups in total. The maximum atomic E-state index is 13.3. The van der Waals surface area contributed by atoms with Crippen LogP contribution in [-0.2, 0) is 34.8 Å². The van der Waals surface area contributed by atoms with E-state index in [1.807, 2.05) is 0 Å². The summed E-state index contributed by atoms with van der Waals surface area (Å²) in [4.78, 5) is 34.8. The molecule has 3 aromatic rings. The van der Waals surface area contributed by atoms with Crippen LogP contribution in [-0.4, -0.2) is 39.0 Å². The second-order valence-corrected chi connectivity index (χ2v) is 10.2. The van der Waals surface area contributed by atoms with Crippen LogP contribution in [0, 0.1) is 0 Å². The highest BCUT2D eigenvalue weighted by Gasteiger charge is 2.30. The van der Waals surface area contributed by atoms with E-state index < -0.39 is 26.3 Å². The van der Waals surface area contributed by atoms with Crippen LogP contribution in [0.5, 0.6) is 0 Å². The van der Waals surface area contributed by atoms with Crippen molar-refractivity contribution in [3.05, 3.63) is 55.7 Å². The van der Waals surface area contributed by atoms with E-state index in [1.54, 1.807) is 24.3 Å². The van der Waals surface area contributed by atoms with Gasteiger partial charge in [0.15, 0.2) is 11.2 Å². The molecule has 2 heterocycles. The van der Waals surface area contributed by atoms with Crippen molar-refractivity contribution < 1.29 is 13.3 Å². The molecule has 0 fully saturated rings. The topological polar surface area (TPSA) is 131 Å². The largest absolute Gasteiger partial charge is 0.332 e. The van der Waals surface area contributed by atoms with Gasteiger partial charge in [-0.2, -0.15) is 4.98 Å². The number of fused-ring (bicyclic) bond motifs is 1. The third-order valence-electron chi connectivity index (χ3n) is 4.97. The number of hydrogen-bond donors (Lipinski definition) is 1. The fourth-order valence-electron chi connectivity index (χ4n) is 3.20. The van der Waals surface area contributed by atoms with Crippen molar-refractivity contribution in [3.63, 3.8) is 0 Å². The maximum Gasteiger partial charge on any atom is 0.332 e. The van der Waals surface area contributed by atoms with Crippen molar-refractivity contribution in [3.8, 4) is 0 Å². The van der Waals surface area contributed by atoms with E-state index in [1.165, 1.54) is 30.0 Å². The normalized spacial score (nSPS) is 12.2. The first-order valence-electron chi connectivity index (χ1n) is 9.59. The van der Waals surface area contributed by atoms with Gasteiger partial charge in [0, 0.05) is 18.6 Å². The molecule has 31 heavy (non-hydrogen) atoms. The second kappa shape index (κ2) is 8.95. The molecule has 0 bridgehead atoms. The van der Waals surface area contributed by atoms with Crippen LogP contribution in [0.4, 0.5) is 0 Å². The zero-order valence-electron chi connectivity index (χ0n) is 17.4. The first kappa shape index (κ1) is 23.2. The van der Waals surface area contributed by atoms with Crippen LogP contribution in [0.25, 0.3) is 11.2 Å². The van der Waals surface area contributed by atoms with E-state index in [0.29, 0.717) is 11.4 Å². The van der Waals surface area contributed by atoms with Crippen molar-refractivity contribution in [1.29, 1.82) is 0 Å². The Morgan fingerprint density at radius 3 is 2.39 bits per heavy atom. The molecule has 0 unspecified atom stereocenters. The summed E-state index contributed by atoms with van der Waals surface area (Å²) in [5.41, 5.74) is -0.458. The molecule has 0 saturated heterocycles. The number of nitrogens with two attached hydrogens (primary N) is 1. The molecule has 0 radical (unpaired) electrons. The highest BCUT2D eigenvalue weighted by Crippen LogP contribution is 2.22. The fraction of sp³-hybridized carbons (Fsp3) is 0.421. The minimum atomic E-state index is -3.85. The van der Waals surface area contributed by atoms with Gasteiger partial charge in [-0.1, -0.05) is 23.7 Å². The molecule has 0 spiro atoms. The molecular weight excluding hydrogens is 446 g/mol. The smallest absolute Gasteiger partial charge is 0.305 e. The number of aryl methyl sites for hydroxylation is 1. The highest BCUT2D eigenvalue weighted by atomic mass is 35.5. The minimum Gasteiger partial charge on any atom is -0.305 e. The van der Waals surface area contributed by atoms with E-state index in [4.69, 9.17) is 17.5 Å². The van der Waals surface area contributed by atoms with E-state index >= 15 is 0 Å². The molecule has 1 aromatic carbocycles. The summed E-state index contributed by atoms with van der Waals surface area (Å²) in [6, 6.07) is 6.82. The van der Waals surface area contributed by atoms with Gasteiger partial charge in [0.05, 0.1) is 18.4 Å². The number of nitrogens with zero attached hydrogens (tertiary/aromatic N) is 4. The Morgan fingerprint density at radius 1 is 1.16 bits per heavy atom. The van der Waals surface area contributed by atoms with Crippen LogP contribution in [0.2, 0.25) is 5.02 Å². The average molecular weight is 470 g/mol. The van der Waals surface area contributed by atoms with Crippen molar-refractivity contribution in [1.82, 2.24) is 18.7 Å². The fourth-order valence-corrected chi connectivity index (χ4v) is 4.43. The van der Waals surface area contributed by atoms with Gasteiger partial charge in [-0.3, -0.25) is 13.9 Å². The number of hydrogen-bond acceptors (Lipinski definition) is 7. The molecule has 0 amide bonds. The molecule has 0 saturated carbocycles.